The van der Waals surface area contributed by atoms with Crippen LogP contribution >= 0.6 is 11.3 Å². The minimum Gasteiger partial charge on any atom is -0.490 e. The fourth-order valence-electron chi connectivity index (χ4n) is 7.26. The van der Waals surface area contributed by atoms with Crippen LogP contribution in [0.2, 0.25) is 0 Å². The zero-order valence-corrected chi connectivity index (χ0v) is 31.4. The van der Waals surface area contributed by atoms with Crippen LogP contribution in [0.5, 0.6) is 17.2 Å². The van der Waals surface area contributed by atoms with Crippen molar-refractivity contribution in [3.8, 4) is 17.2 Å². The second-order valence-electron chi connectivity index (χ2n) is 13.9. The summed E-state index contributed by atoms with van der Waals surface area (Å²) in [6.45, 7) is 4.40. The highest BCUT2D eigenvalue weighted by atomic mass is 32.1. The highest BCUT2D eigenvalue weighted by Crippen LogP contribution is 2.39. The molecule has 10 nitrogen and oxygen atoms in total. The van der Waals surface area contributed by atoms with Gasteiger partial charge in [-0.2, -0.15) is 5.10 Å². The average molecular weight is 740 g/mol. The number of nitrogens with zero attached hydrogens (tertiary/aromatic N) is 2. The minimum atomic E-state index is -0.314. The van der Waals surface area contributed by atoms with Crippen molar-refractivity contribution in [1.29, 1.82) is 0 Å². The first-order valence-electron chi connectivity index (χ1n) is 19.0. The molecule has 1 N–H and O–H groups in total. The smallest absolute Gasteiger partial charge is 0.314 e. The molecule has 0 amide bonds. The lowest BCUT2D eigenvalue weighted by molar-refractivity contribution is -0.145. The SMILES string of the molecule is CCCC1CCC(c2ccc(OC(=O)C3CCC(C(=O)Oc4ccc(OCCOC(=O)CC)cc4)CC3)c(/C=N/Nc3nc4ccccc4s3)c2)CC1. The number of aromatic nitrogens is 1. The molecule has 4 aromatic rings. The Labute approximate surface area is 315 Å². The third-order valence-electron chi connectivity index (χ3n) is 10.3. The molecule has 2 aliphatic rings. The van der Waals surface area contributed by atoms with Crippen molar-refractivity contribution in [3.63, 3.8) is 0 Å². The van der Waals surface area contributed by atoms with E-state index >= 15 is 0 Å². The molecule has 0 bridgehead atoms. The van der Waals surface area contributed by atoms with Gasteiger partial charge in [0.05, 0.1) is 28.3 Å². The van der Waals surface area contributed by atoms with Gasteiger partial charge in [-0.25, -0.2) is 4.98 Å². The Hall–Kier alpha value is -4.77. The zero-order chi connectivity index (χ0) is 37.0. The summed E-state index contributed by atoms with van der Waals surface area (Å²) in [5.74, 6) is 1.28. The maximum atomic E-state index is 13.5. The van der Waals surface area contributed by atoms with Crippen LogP contribution in [0, 0.1) is 17.8 Å². The largest absolute Gasteiger partial charge is 0.490 e. The third-order valence-corrected chi connectivity index (χ3v) is 11.2. The van der Waals surface area contributed by atoms with E-state index in [4.69, 9.17) is 18.9 Å². The van der Waals surface area contributed by atoms with Crippen LogP contribution in [0.15, 0.2) is 71.8 Å². The zero-order valence-electron chi connectivity index (χ0n) is 30.6. The highest BCUT2D eigenvalue weighted by Gasteiger charge is 2.32. The van der Waals surface area contributed by atoms with Crippen molar-refractivity contribution in [3.05, 3.63) is 77.9 Å². The molecule has 53 heavy (non-hydrogen) atoms. The lowest BCUT2D eigenvalue weighted by Gasteiger charge is -2.29. The molecule has 0 radical (unpaired) electrons. The Morgan fingerprint density at radius 1 is 0.830 bits per heavy atom. The molecule has 280 valence electrons. The van der Waals surface area contributed by atoms with Crippen LogP contribution in [0.25, 0.3) is 10.2 Å². The number of hydrogen-bond donors (Lipinski definition) is 1. The number of ether oxygens (including phenoxy) is 4. The van der Waals surface area contributed by atoms with Gasteiger partial charge in [0.15, 0.2) is 0 Å². The van der Waals surface area contributed by atoms with Crippen LogP contribution in [-0.4, -0.2) is 42.3 Å². The highest BCUT2D eigenvalue weighted by molar-refractivity contribution is 7.22. The minimum absolute atomic E-state index is 0.171. The van der Waals surface area contributed by atoms with Crippen molar-refractivity contribution in [2.45, 2.75) is 90.4 Å². The van der Waals surface area contributed by atoms with Gasteiger partial charge in [-0.1, -0.05) is 56.2 Å². The van der Waals surface area contributed by atoms with E-state index in [1.165, 1.54) is 42.6 Å². The summed E-state index contributed by atoms with van der Waals surface area (Å²) in [5, 5.41) is 5.20. The molecule has 0 aliphatic heterocycles. The number of para-hydroxylation sites is 1. The van der Waals surface area contributed by atoms with Gasteiger partial charge >= 0.3 is 17.9 Å². The molecule has 0 spiro atoms. The summed E-state index contributed by atoms with van der Waals surface area (Å²) in [6.07, 6.45) is 11.5. The summed E-state index contributed by atoms with van der Waals surface area (Å²) in [4.78, 5) is 42.4. The van der Waals surface area contributed by atoms with E-state index in [1.54, 1.807) is 37.4 Å². The molecule has 6 rings (SSSR count). The molecule has 2 fully saturated rings. The number of benzene rings is 3. The van der Waals surface area contributed by atoms with Crippen molar-refractivity contribution >= 4 is 50.8 Å². The average Bonchev–Trinajstić information content (AvgIpc) is 3.61. The van der Waals surface area contributed by atoms with Gasteiger partial charge in [0.1, 0.15) is 30.5 Å². The number of nitrogens with one attached hydrogen (secondary N) is 1. The number of hydrazone groups is 1. The molecule has 2 aliphatic carbocycles. The van der Waals surface area contributed by atoms with Crippen molar-refractivity contribution in [2.75, 3.05) is 18.6 Å². The number of anilines is 1. The van der Waals surface area contributed by atoms with E-state index in [2.05, 4.69) is 34.6 Å². The van der Waals surface area contributed by atoms with E-state index in [1.807, 2.05) is 30.3 Å². The second-order valence-corrected chi connectivity index (χ2v) is 15.0. The lowest BCUT2D eigenvalue weighted by Crippen LogP contribution is -2.30. The number of esters is 3. The predicted octanol–water partition coefficient (Wildman–Crippen LogP) is 9.47. The number of fused-ring (bicyclic) bond motifs is 1. The van der Waals surface area contributed by atoms with Crippen molar-refractivity contribution < 1.29 is 33.3 Å². The van der Waals surface area contributed by atoms with Gasteiger partial charge in [0.2, 0.25) is 5.13 Å². The van der Waals surface area contributed by atoms with Gasteiger partial charge < -0.3 is 18.9 Å². The lowest BCUT2D eigenvalue weighted by atomic mass is 9.77. The monoisotopic (exact) mass is 739 g/mol. The Balaban J connectivity index is 1.03. The van der Waals surface area contributed by atoms with Crippen LogP contribution in [0.1, 0.15) is 102 Å². The normalized spacial score (nSPS) is 20.2. The Kier molecular flexibility index (Phi) is 13.5. The van der Waals surface area contributed by atoms with E-state index in [0.29, 0.717) is 60.4 Å². The van der Waals surface area contributed by atoms with E-state index < -0.39 is 0 Å². The first kappa shape index (κ1) is 38.0. The van der Waals surface area contributed by atoms with Crippen LogP contribution in [0.4, 0.5) is 5.13 Å². The number of carbonyl (C=O) groups is 3. The van der Waals surface area contributed by atoms with E-state index in [0.717, 1.165) is 34.5 Å². The first-order valence-corrected chi connectivity index (χ1v) is 19.8. The van der Waals surface area contributed by atoms with Crippen molar-refractivity contribution in [1.82, 2.24) is 4.98 Å². The number of carbonyl (C=O) groups excluding carboxylic acids is 3. The maximum absolute atomic E-state index is 13.5. The maximum Gasteiger partial charge on any atom is 0.314 e. The van der Waals surface area contributed by atoms with Gasteiger partial charge in [0.25, 0.3) is 0 Å². The fourth-order valence-corrected chi connectivity index (χ4v) is 8.08. The molecule has 1 aromatic heterocycles. The summed E-state index contributed by atoms with van der Waals surface area (Å²) < 4.78 is 23.4. The predicted molar refractivity (Wildman–Crippen MR) is 207 cm³/mol. The van der Waals surface area contributed by atoms with Crippen molar-refractivity contribution in [2.24, 2.45) is 22.9 Å². The first-order chi connectivity index (χ1) is 25.9. The number of thiazole rings is 1. The Morgan fingerprint density at radius 2 is 1.53 bits per heavy atom. The standard InChI is InChI=1S/C42H49N3O7S/c1-3-7-28-10-12-29(13-11-28)32-18-23-37(33(26-32)27-43-45-42-44-36-8-5-6-9-38(36)53-42)52-41(48)31-16-14-30(15-17-31)40(47)51-35-21-19-34(20-22-35)49-24-25-50-39(46)4-2/h5-6,8-9,18-23,26-31H,3-4,7,10-17,24-25H2,1-2H3,(H,44,45)/b43-27+. The quantitative estimate of drug-likeness (QED) is 0.0417. The molecule has 0 unspecified atom stereocenters. The van der Waals surface area contributed by atoms with E-state index in [-0.39, 0.29) is 43.0 Å². The summed E-state index contributed by atoms with van der Waals surface area (Å²) in [6, 6.07) is 20.8. The molecule has 2 saturated carbocycles. The third kappa shape index (κ3) is 10.7. The van der Waals surface area contributed by atoms with Gasteiger partial charge in [-0.15, -0.1) is 0 Å². The summed E-state index contributed by atoms with van der Waals surface area (Å²) >= 11 is 1.53. The Morgan fingerprint density at radius 3 is 2.23 bits per heavy atom. The molecular formula is C42H49N3O7S. The van der Waals surface area contributed by atoms with Gasteiger partial charge in [-0.05, 0) is 117 Å². The number of rotatable bonds is 15. The molecule has 0 saturated heterocycles. The van der Waals surface area contributed by atoms with Crippen LogP contribution in [-0.2, 0) is 19.1 Å². The molecule has 11 heteroatoms. The van der Waals surface area contributed by atoms with Crippen LogP contribution in [0.3, 0.4) is 0 Å². The van der Waals surface area contributed by atoms with E-state index in [9.17, 15) is 14.4 Å². The Bertz CT molecular complexity index is 1830. The molecular weight excluding hydrogens is 691 g/mol. The van der Waals surface area contributed by atoms with Crippen LogP contribution < -0.4 is 19.6 Å². The van der Waals surface area contributed by atoms with Gasteiger partial charge in [-0.3, -0.25) is 19.8 Å². The second kappa shape index (κ2) is 18.8. The molecule has 1 heterocycles. The molecule has 0 atom stereocenters. The molecule has 3 aromatic carbocycles. The van der Waals surface area contributed by atoms with Gasteiger partial charge in [0, 0.05) is 12.0 Å². The summed E-state index contributed by atoms with van der Waals surface area (Å²) in [7, 11) is 0. The number of hydrogen-bond acceptors (Lipinski definition) is 11. The summed E-state index contributed by atoms with van der Waals surface area (Å²) in [5.41, 5.74) is 5.97. The fraction of sp³-hybridized carbons (Fsp3) is 0.452. The topological polar surface area (TPSA) is 125 Å².